The summed E-state index contributed by atoms with van der Waals surface area (Å²) >= 11 is 3.23. The van der Waals surface area contributed by atoms with Crippen LogP contribution >= 0.6 is 23.5 Å². The first kappa shape index (κ1) is 17.2. The summed E-state index contributed by atoms with van der Waals surface area (Å²) in [5, 5.41) is 8.78. The molecule has 120 valence electrons. The van der Waals surface area contributed by atoms with Crippen LogP contribution in [-0.2, 0) is 9.53 Å². The Labute approximate surface area is 138 Å². The maximum Gasteiger partial charge on any atom is 0.337 e. The first-order valence-corrected chi connectivity index (χ1v) is 9.15. The topological polar surface area (TPSA) is 66.8 Å². The van der Waals surface area contributed by atoms with E-state index in [2.05, 4.69) is 4.74 Å². The predicted octanol–water partition coefficient (Wildman–Crippen LogP) is 1.77. The molecule has 0 spiro atoms. The molecule has 1 aliphatic rings. The SMILES string of the molecule is COC(=O)c1ccc(C2SCC(=O)N2CCSCCO)cc1. The van der Waals surface area contributed by atoms with Gasteiger partial charge >= 0.3 is 5.97 Å². The average molecular weight is 341 g/mol. The number of hydrogen-bond donors (Lipinski definition) is 1. The molecular weight excluding hydrogens is 322 g/mol. The van der Waals surface area contributed by atoms with E-state index < -0.39 is 0 Å². The van der Waals surface area contributed by atoms with Crippen LogP contribution in [0.25, 0.3) is 0 Å². The second-order valence-corrected chi connectivity index (χ2v) is 6.99. The fourth-order valence-electron chi connectivity index (χ4n) is 2.20. The Balaban J connectivity index is 2.02. The minimum Gasteiger partial charge on any atom is -0.465 e. The molecule has 22 heavy (non-hydrogen) atoms. The molecule has 7 heteroatoms. The van der Waals surface area contributed by atoms with Crippen molar-refractivity contribution in [2.24, 2.45) is 0 Å². The molecule has 0 saturated carbocycles. The second-order valence-electron chi connectivity index (χ2n) is 4.70. The molecule has 0 aromatic heterocycles. The summed E-state index contributed by atoms with van der Waals surface area (Å²) in [5.74, 6) is 1.75. The van der Waals surface area contributed by atoms with Gasteiger partial charge in [0.05, 0.1) is 25.0 Å². The number of aliphatic hydroxyl groups is 1. The van der Waals surface area contributed by atoms with Crippen LogP contribution in [0.4, 0.5) is 0 Å². The average Bonchev–Trinajstić information content (AvgIpc) is 2.92. The first-order valence-electron chi connectivity index (χ1n) is 6.95. The van der Waals surface area contributed by atoms with E-state index in [1.165, 1.54) is 7.11 Å². The Morgan fingerprint density at radius 1 is 1.41 bits per heavy atom. The molecule has 1 amide bonds. The van der Waals surface area contributed by atoms with Crippen molar-refractivity contribution in [3.05, 3.63) is 35.4 Å². The zero-order chi connectivity index (χ0) is 15.9. The summed E-state index contributed by atoms with van der Waals surface area (Å²) in [6, 6.07) is 7.19. The molecule has 0 aliphatic carbocycles. The van der Waals surface area contributed by atoms with Crippen molar-refractivity contribution < 1.29 is 19.4 Å². The normalized spacial score (nSPS) is 17.8. The van der Waals surface area contributed by atoms with Crippen molar-refractivity contribution >= 4 is 35.4 Å². The number of carbonyl (C=O) groups excluding carboxylic acids is 2. The highest BCUT2D eigenvalue weighted by Crippen LogP contribution is 2.38. The minimum atomic E-state index is -0.362. The van der Waals surface area contributed by atoms with Crippen molar-refractivity contribution in [2.45, 2.75) is 5.37 Å². The molecule has 1 N–H and O–H groups in total. The van der Waals surface area contributed by atoms with Gasteiger partial charge in [-0.2, -0.15) is 11.8 Å². The van der Waals surface area contributed by atoms with Crippen molar-refractivity contribution in [3.63, 3.8) is 0 Å². The van der Waals surface area contributed by atoms with Crippen LogP contribution in [0.3, 0.4) is 0 Å². The zero-order valence-electron chi connectivity index (χ0n) is 12.4. The molecule has 5 nitrogen and oxygen atoms in total. The number of hydrogen-bond acceptors (Lipinski definition) is 6. The van der Waals surface area contributed by atoms with E-state index in [0.29, 0.717) is 23.6 Å². The van der Waals surface area contributed by atoms with Crippen molar-refractivity contribution in [3.8, 4) is 0 Å². The van der Waals surface area contributed by atoms with Crippen LogP contribution in [0, 0.1) is 0 Å². The predicted molar refractivity (Wildman–Crippen MR) is 89.1 cm³/mol. The van der Waals surface area contributed by atoms with Gasteiger partial charge in [-0.1, -0.05) is 12.1 Å². The van der Waals surface area contributed by atoms with Gasteiger partial charge in [0.25, 0.3) is 0 Å². The Hall–Kier alpha value is -1.18. The standard InChI is InChI=1S/C15H19NO4S2/c1-20-15(19)12-4-2-11(3-5-12)14-16(13(18)10-22-14)6-8-21-9-7-17/h2-5,14,17H,6-10H2,1H3. The number of ether oxygens (including phenoxy) is 1. The Morgan fingerprint density at radius 2 is 2.14 bits per heavy atom. The van der Waals surface area contributed by atoms with E-state index in [1.807, 2.05) is 17.0 Å². The summed E-state index contributed by atoms with van der Waals surface area (Å²) in [7, 11) is 1.35. The lowest BCUT2D eigenvalue weighted by Gasteiger charge is -2.24. The van der Waals surface area contributed by atoms with Crippen LogP contribution in [0.15, 0.2) is 24.3 Å². The van der Waals surface area contributed by atoms with Crippen LogP contribution in [0.5, 0.6) is 0 Å². The lowest BCUT2D eigenvalue weighted by atomic mass is 10.1. The number of thioether (sulfide) groups is 2. The maximum absolute atomic E-state index is 12.0. The summed E-state index contributed by atoms with van der Waals surface area (Å²) in [4.78, 5) is 25.3. The molecule has 1 aromatic carbocycles. The van der Waals surface area contributed by atoms with Gasteiger partial charge in [-0.25, -0.2) is 4.79 Å². The summed E-state index contributed by atoms with van der Waals surface area (Å²) in [5.41, 5.74) is 1.52. The third-order valence-corrected chi connectivity index (χ3v) is 5.50. The van der Waals surface area contributed by atoms with E-state index in [0.717, 1.165) is 11.3 Å². The molecule has 2 rings (SSSR count). The quantitative estimate of drug-likeness (QED) is 0.602. The summed E-state index contributed by atoms with van der Waals surface area (Å²) in [6.07, 6.45) is 0. The lowest BCUT2D eigenvalue weighted by Crippen LogP contribution is -2.30. The number of benzene rings is 1. The van der Waals surface area contributed by atoms with Gasteiger partial charge in [-0.05, 0) is 17.7 Å². The van der Waals surface area contributed by atoms with Crippen molar-refractivity contribution in [2.75, 3.05) is 37.5 Å². The number of esters is 1. The van der Waals surface area contributed by atoms with Crippen LogP contribution in [0.1, 0.15) is 21.3 Å². The van der Waals surface area contributed by atoms with E-state index in [-0.39, 0.29) is 23.9 Å². The third-order valence-electron chi connectivity index (χ3n) is 3.30. The van der Waals surface area contributed by atoms with Gasteiger partial charge in [0, 0.05) is 18.1 Å². The van der Waals surface area contributed by atoms with E-state index >= 15 is 0 Å². The molecular formula is C15H19NO4S2. The Morgan fingerprint density at radius 3 is 2.77 bits per heavy atom. The van der Waals surface area contributed by atoms with Gasteiger partial charge in [0.15, 0.2) is 0 Å². The molecule has 1 fully saturated rings. The van der Waals surface area contributed by atoms with Gasteiger partial charge < -0.3 is 14.7 Å². The fraction of sp³-hybridized carbons (Fsp3) is 0.467. The monoisotopic (exact) mass is 341 g/mol. The molecule has 1 atom stereocenters. The number of nitrogens with zero attached hydrogens (tertiary/aromatic N) is 1. The highest BCUT2D eigenvalue weighted by molar-refractivity contribution is 8.00. The molecule has 1 saturated heterocycles. The fourth-order valence-corrected chi connectivity index (χ4v) is 4.08. The molecule has 1 heterocycles. The number of methoxy groups -OCH3 is 1. The largest absolute Gasteiger partial charge is 0.465 e. The third kappa shape index (κ3) is 4.18. The van der Waals surface area contributed by atoms with E-state index in [4.69, 9.17) is 5.11 Å². The Kier molecular flexibility index (Phi) is 6.60. The smallest absolute Gasteiger partial charge is 0.337 e. The highest BCUT2D eigenvalue weighted by atomic mass is 32.2. The van der Waals surface area contributed by atoms with Gasteiger partial charge in [-0.3, -0.25) is 4.79 Å². The second kappa shape index (κ2) is 8.45. The first-order chi connectivity index (χ1) is 10.7. The van der Waals surface area contributed by atoms with Gasteiger partial charge in [0.1, 0.15) is 5.37 Å². The molecule has 1 aliphatic heterocycles. The van der Waals surface area contributed by atoms with Crippen LogP contribution < -0.4 is 0 Å². The lowest BCUT2D eigenvalue weighted by molar-refractivity contribution is -0.127. The molecule has 1 unspecified atom stereocenters. The van der Waals surface area contributed by atoms with Gasteiger partial charge in [-0.15, -0.1) is 11.8 Å². The molecule has 1 aromatic rings. The highest BCUT2D eigenvalue weighted by Gasteiger charge is 2.32. The van der Waals surface area contributed by atoms with Crippen molar-refractivity contribution in [1.82, 2.24) is 4.90 Å². The van der Waals surface area contributed by atoms with Crippen LogP contribution in [0.2, 0.25) is 0 Å². The summed E-state index contributed by atoms with van der Waals surface area (Å²) in [6.45, 7) is 0.825. The zero-order valence-corrected chi connectivity index (χ0v) is 14.0. The van der Waals surface area contributed by atoms with Gasteiger partial charge in [0.2, 0.25) is 5.91 Å². The van der Waals surface area contributed by atoms with Crippen LogP contribution in [-0.4, -0.2) is 59.4 Å². The molecule has 0 radical (unpaired) electrons. The number of rotatable bonds is 7. The van der Waals surface area contributed by atoms with E-state index in [1.54, 1.807) is 35.7 Å². The maximum atomic E-state index is 12.0. The number of carbonyl (C=O) groups is 2. The minimum absolute atomic E-state index is 0.00563. The van der Waals surface area contributed by atoms with Crippen molar-refractivity contribution in [1.29, 1.82) is 0 Å². The number of aliphatic hydroxyl groups excluding tert-OH is 1. The Bertz CT molecular complexity index is 521. The molecule has 0 bridgehead atoms. The summed E-state index contributed by atoms with van der Waals surface area (Å²) < 4.78 is 4.68. The van der Waals surface area contributed by atoms with E-state index in [9.17, 15) is 9.59 Å². The number of amides is 1.